The lowest BCUT2D eigenvalue weighted by Gasteiger charge is -2.22. The van der Waals surface area contributed by atoms with Crippen LogP contribution in [-0.4, -0.2) is 24.6 Å². The van der Waals surface area contributed by atoms with Gasteiger partial charge in [-0.05, 0) is 31.5 Å². The van der Waals surface area contributed by atoms with Crippen LogP contribution < -0.4 is 15.8 Å². The second-order valence-electron chi connectivity index (χ2n) is 5.30. The summed E-state index contributed by atoms with van der Waals surface area (Å²) in [6.45, 7) is 3.80. The van der Waals surface area contributed by atoms with Crippen molar-refractivity contribution in [2.75, 3.05) is 13.2 Å². The quantitative estimate of drug-likeness (QED) is 0.760. The van der Waals surface area contributed by atoms with Gasteiger partial charge in [0.25, 0.3) is 0 Å². The summed E-state index contributed by atoms with van der Waals surface area (Å²) in [7, 11) is 0. The molecule has 0 bridgehead atoms. The fraction of sp³-hybridized carbons (Fsp3) is 0.533. The van der Waals surface area contributed by atoms with Crippen molar-refractivity contribution in [1.82, 2.24) is 5.32 Å². The van der Waals surface area contributed by atoms with E-state index in [0.717, 1.165) is 18.6 Å². The van der Waals surface area contributed by atoms with Crippen molar-refractivity contribution in [1.29, 1.82) is 0 Å². The first-order chi connectivity index (χ1) is 10.2. The van der Waals surface area contributed by atoms with E-state index in [1.165, 1.54) is 12.1 Å². The third kappa shape index (κ3) is 5.55. The van der Waals surface area contributed by atoms with E-state index in [9.17, 15) is 18.0 Å². The molecule has 0 aliphatic carbocycles. The van der Waals surface area contributed by atoms with E-state index in [2.05, 4.69) is 5.32 Å². The topological polar surface area (TPSA) is 64.4 Å². The predicted molar refractivity (Wildman–Crippen MR) is 77.4 cm³/mol. The van der Waals surface area contributed by atoms with Gasteiger partial charge in [-0.25, -0.2) is 0 Å². The minimum atomic E-state index is -4.41. The number of ether oxygens (including phenoxy) is 1. The largest absolute Gasteiger partial charge is 0.492 e. The molecular formula is C15H21F3N2O2. The minimum Gasteiger partial charge on any atom is -0.492 e. The Morgan fingerprint density at radius 3 is 2.64 bits per heavy atom. The van der Waals surface area contributed by atoms with Crippen molar-refractivity contribution in [3.8, 4) is 5.75 Å². The maximum absolute atomic E-state index is 12.5. The summed E-state index contributed by atoms with van der Waals surface area (Å²) >= 11 is 0. The Morgan fingerprint density at radius 1 is 1.36 bits per heavy atom. The summed E-state index contributed by atoms with van der Waals surface area (Å²) in [5, 5.41) is 2.61. The molecule has 0 aliphatic heterocycles. The molecule has 1 rings (SSSR count). The number of rotatable bonds is 7. The van der Waals surface area contributed by atoms with E-state index in [0.29, 0.717) is 6.42 Å². The third-order valence-electron chi connectivity index (χ3n) is 3.11. The van der Waals surface area contributed by atoms with E-state index in [1.54, 1.807) is 6.92 Å². The molecule has 1 amide bonds. The predicted octanol–water partition coefficient (Wildman–Crippen LogP) is 2.72. The number of amides is 1. The molecule has 1 aromatic carbocycles. The van der Waals surface area contributed by atoms with E-state index in [4.69, 9.17) is 10.5 Å². The van der Waals surface area contributed by atoms with Crippen LogP contribution in [0.1, 0.15) is 32.3 Å². The van der Waals surface area contributed by atoms with Crippen LogP contribution in [0.15, 0.2) is 24.3 Å². The highest BCUT2D eigenvalue weighted by molar-refractivity contribution is 5.85. The van der Waals surface area contributed by atoms with Gasteiger partial charge in [0.15, 0.2) is 0 Å². The smallest absolute Gasteiger partial charge is 0.416 e. The van der Waals surface area contributed by atoms with Crippen molar-refractivity contribution >= 4 is 5.91 Å². The van der Waals surface area contributed by atoms with Crippen molar-refractivity contribution in [2.45, 2.75) is 38.4 Å². The maximum atomic E-state index is 12.5. The first-order valence-corrected chi connectivity index (χ1v) is 7.04. The highest BCUT2D eigenvalue weighted by atomic mass is 19.4. The fourth-order valence-electron chi connectivity index (χ4n) is 1.93. The normalized spacial score (nSPS) is 14.3. The molecule has 0 spiro atoms. The van der Waals surface area contributed by atoms with E-state index in [1.807, 2.05) is 6.92 Å². The van der Waals surface area contributed by atoms with Crippen LogP contribution in [0.5, 0.6) is 5.75 Å². The lowest BCUT2D eigenvalue weighted by atomic mass is 9.97. The molecule has 22 heavy (non-hydrogen) atoms. The first kappa shape index (κ1) is 18.3. The summed E-state index contributed by atoms with van der Waals surface area (Å²) in [5.74, 6) is -0.199. The molecule has 0 aromatic heterocycles. The molecule has 4 nitrogen and oxygen atoms in total. The molecular weight excluding hydrogens is 297 g/mol. The van der Waals surface area contributed by atoms with Gasteiger partial charge in [-0.1, -0.05) is 19.4 Å². The van der Waals surface area contributed by atoms with Gasteiger partial charge in [-0.3, -0.25) is 4.79 Å². The SMILES string of the molecule is CCCC(C)(N)C(=O)NCCOc1cccc(C(F)(F)F)c1. The minimum absolute atomic E-state index is 0.0647. The number of carbonyl (C=O) groups excluding carboxylic acids is 1. The fourth-order valence-corrected chi connectivity index (χ4v) is 1.93. The molecule has 0 saturated carbocycles. The summed E-state index contributed by atoms with van der Waals surface area (Å²) in [5.41, 5.74) is 4.13. The second-order valence-corrected chi connectivity index (χ2v) is 5.30. The number of carbonyl (C=O) groups is 1. The van der Waals surface area contributed by atoms with Crippen LogP contribution in [-0.2, 0) is 11.0 Å². The van der Waals surface area contributed by atoms with Gasteiger partial charge in [-0.2, -0.15) is 13.2 Å². The standard InChI is InChI=1S/C15H21F3N2O2/c1-3-7-14(2,19)13(21)20-8-9-22-12-6-4-5-11(10-12)15(16,17)18/h4-6,10H,3,7-9,19H2,1-2H3,(H,20,21). The molecule has 1 aromatic rings. The Kier molecular flexibility index (Phi) is 6.22. The summed E-state index contributed by atoms with van der Waals surface area (Å²) in [6.07, 6.45) is -3.08. The first-order valence-electron chi connectivity index (χ1n) is 7.04. The van der Waals surface area contributed by atoms with Crippen LogP contribution in [0.25, 0.3) is 0 Å². The van der Waals surface area contributed by atoms with Crippen LogP contribution in [0.3, 0.4) is 0 Å². The van der Waals surface area contributed by atoms with Gasteiger partial charge in [0.1, 0.15) is 12.4 Å². The van der Waals surface area contributed by atoms with Crippen LogP contribution in [0.4, 0.5) is 13.2 Å². The van der Waals surface area contributed by atoms with Crippen LogP contribution in [0, 0.1) is 0 Å². The zero-order valence-electron chi connectivity index (χ0n) is 12.7. The summed E-state index contributed by atoms with van der Waals surface area (Å²) in [6, 6.07) is 4.60. The second kappa shape index (κ2) is 7.49. The molecule has 0 radical (unpaired) electrons. The lowest BCUT2D eigenvalue weighted by Crippen LogP contribution is -2.52. The average molecular weight is 318 g/mol. The van der Waals surface area contributed by atoms with Crippen LogP contribution >= 0.6 is 0 Å². The highest BCUT2D eigenvalue weighted by Crippen LogP contribution is 2.31. The molecule has 1 atom stereocenters. The number of nitrogens with two attached hydrogens (primary N) is 1. The van der Waals surface area contributed by atoms with E-state index >= 15 is 0 Å². The Balaban J connectivity index is 2.44. The Bertz CT molecular complexity index is 502. The van der Waals surface area contributed by atoms with Gasteiger partial charge in [-0.15, -0.1) is 0 Å². The van der Waals surface area contributed by atoms with Gasteiger partial charge >= 0.3 is 6.18 Å². The number of benzene rings is 1. The van der Waals surface area contributed by atoms with E-state index in [-0.39, 0.29) is 24.8 Å². The Morgan fingerprint density at radius 2 is 2.05 bits per heavy atom. The molecule has 124 valence electrons. The van der Waals surface area contributed by atoms with E-state index < -0.39 is 17.3 Å². The molecule has 0 saturated heterocycles. The number of halogens is 3. The maximum Gasteiger partial charge on any atom is 0.416 e. The van der Waals surface area contributed by atoms with Gasteiger partial charge in [0, 0.05) is 0 Å². The van der Waals surface area contributed by atoms with Gasteiger partial charge in [0.2, 0.25) is 5.91 Å². The number of hydrogen-bond donors (Lipinski definition) is 2. The Hall–Kier alpha value is -1.76. The number of alkyl halides is 3. The molecule has 3 N–H and O–H groups in total. The van der Waals surface area contributed by atoms with Crippen molar-refractivity contribution in [2.24, 2.45) is 5.73 Å². The van der Waals surface area contributed by atoms with Crippen LogP contribution in [0.2, 0.25) is 0 Å². The summed E-state index contributed by atoms with van der Waals surface area (Å²) < 4.78 is 42.8. The Labute approximate surface area is 127 Å². The molecule has 1 unspecified atom stereocenters. The monoisotopic (exact) mass is 318 g/mol. The average Bonchev–Trinajstić information content (AvgIpc) is 2.42. The molecule has 7 heteroatoms. The lowest BCUT2D eigenvalue weighted by molar-refractivity contribution is -0.137. The number of nitrogens with one attached hydrogen (secondary N) is 1. The van der Waals surface area contributed by atoms with Gasteiger partial charge in [0.05, 0.1) is 17.6 Å². The third-order valence-corrected chi connectivity index (χ3v) is 3.11. The van der Waals surface area contributed by atoms with Gasteiger partial charge < -0.3 is 15.8 Å². The summed E-state index contributed by atoms with van der Waals surface area (Å²) in [4.78, 5) is 11.8. The highest BCUT2D eigenvalue weighted by Gasteiger charge is 2.30. The zero-order chi connectivity index (χ0) is 16.8. The van der Waals surface area contributed by atoms with Crippen molar-refractivity contribution in [3.05, 3.63) is 29.8 Å². The number of hydrogen-bond acceptors (Lipinski definition) is 3. The molecule has 0 heterocycles. The van der Waals surface area contributed by atoms with Crippen molar-refractivity contribution < 1.29 is 22.7 Å². The zero-order valence-corrected chi connectivity index (χ0v) is 12.7. The molecule has 0 aliphatic rings. The molecule has 0 fully saturated rings. The van der Waals surface area contributed by atoms with Crippen molar-refractivity contribution in [3.63, 3.8) is 0 Å².